The number of rotatable bonds is 3. The van der Waals surface area contributed by atoms with Crippen molar-refractivity contribution in [2.45, 2.75) is 37.8 Å². The maximum absolute atomic E-state index is 8.81. The highest BCUT2D eigenvalue weighted by atomic mass is 16.6. The summed E-state index contributed by atoms with van der Waals surface area (Å²) in [5, 5.41) is 8.81. The van der Waals surface area contributed by atoms with Gasteiger partial charge in [-0.1, -0.05) is 6.92 Å². The van der Waals surface area contributed by atoms with Gasteiger partial charge < -0.3 is 9.47 Å². The van der Waals surface area contributed by atoms with Gasteiger partial charge in [0.15, 0.2) is 0 Å². The molecule has 0 radical (unpaired) electrons. The van der Waals surface area contributed by atoms with Crippen molar-refractivity contribution in [2.75, 3.05) is 32.9 Å². The number of nitriles is 1. The van der Waals surface area contributed by atoms with Crippen LogP contribution in [0.3, 0.4) is 0 Å². The van der Waals surface area contributed by atoms with E-state index in [1.54, 1.807) is 0 Å². The van der Waals surface area contributed by atoms with E-state index in [0.29, 0.717) is 12.6 Å². The van der Waals surface area contributed by atoms with Gasteiger partial charge in [-0.2, -0.15) is 5.26 Å². The molecular weight excluding hydrogens is 204 g/mol. The Morgan fingerprint density at radius 3 is 3.00 bits per heavy atom. The maximum Gasteiger partial charge on any atom is 0.0951 e. The molecule has 0 N–H and O–H groups in total. The molecule has 2 aliphatic rings. The molecule has 0 saturated carbocycles. The van der Waals surface area contributed by atoms with Crippen molar-refractivity contribution in [3.8, 4) is 6.07 Å². The van der Waals surface area contributed by atoms with Crippen LogP contribution in [0, 0.1) is 11.3 Å². The van der Waals surface area contributed by atoms with Crippen molar-refractivity contribution < 1.29 is 9.47 Å². The molecular formula is C12H20N2O2. The van der Waals surface area contributed by atoms with Gasteiger partial charge in [-0.25, -0.2) is 0 Å². The second-order valence-electron chi connectivity index (χ2n) is 4.70. The first-order valence-corrected chi connectivity index (χ1v) is 6.12. The Morgan fingerprint density at radius 1 is 1.50 bits per heavy atom. The van der Waals surface area contributed by atoms with Crippen LogP contribution >= 0.6 is 0 Å². The minimum Gasteiger partial charge on any atom is -0.378 e. The van der Waals surface area contributed by atoms with Gasteiger partial charge >= 0.3 is 0 Å². The second kappa shape index (κ2) is 5.13. The zero-order chi connectivity index (χ0) is 11.4. The first kappa shape index (κ1) is 11.8. The molecule has 0 aromatic heterocycles. The number of ether oxygens (including phenoxy) is 2. The normalized spacial score (nSPS) is 34.4. The van der Waals surface area contributed by atoms with Crippen LogP contribution in [0.2, 0.25) is 0 Å². The highest BCUT2D eigenvalue weighted by molar-refractivity contribution is 4.94. The average molecular weight is 224 g/mol. The van der Waals surface area contributed by atoms with E-state index in [1.165, 1.54) is 0 Å². The third kappa shape index (κ3) is 2.37. The van der Waals surface area contributed by atoms with E-state index in [4.69, 9.17) is 14.7 Å². The first-order valence-electron chi connectivity index (χ1n) is 6.12. The summed E-state index contributed by atoms with van der Waals surface area (Å²) in [6.45, 7) is 5.93. The van der Waals surface area contributed by atoms with Gasteiger partial charge in [0, 0.05) is 25.7 Å². The molecule has 2 aliphatic heterocycles. The molecule has 0 bridgehead atoms. The summed E-state index contributed by atoms with van der Waals surface area (Å²) in [5.41, 5.74) is -0.0498. The molecule has 0 amide bonds. The van der Waals surface area contributed by atoms with Gasteiger partial charge in [0.25, 0.3) is 0 Å². The molecule has 2 saturated heterocycles. The molecule has 2 heterocycles. The van der Waals surface area contributed by atoms with E-state index in [1.807, 2.05) is 0 Å². The van der Waals surface area contributed by atoms with Crippen LogP contribution in [0.1, 0.15) is 26.2 Å². The zero-order valence-electron chi connectivity index (χ0n) is 9.95. The Morgan fingerprint density at radius 2 is 2.38 bits per heavy atom. The fourth-order valence-electron chi connectivity index (χ4n) is 2.77. The SMILES string of the molecule is CCN(CC#N)C1CCOC2(CCOC2)C1. The highest BCUT2D eigenvalue weighted by Crippen LogP contribution is 2.34. The minimum absolute atomic E-state index is 0.0498. The van der Waals surface area contributed by atoms with Crippen molar-refractivity contribution in [1.29, 1.82) is 5.26 Å². The monoisotopic (exact) mass is 224 g/mol. The van der Waals surface area contributed by atoms with Crippen LogP contribution in [0.15, 0.2) is 0 Å². The largest absolute Gasteiger partial charge is 0.378 e. The lowest BCUT2D eigenvalue weighted by atomic mass is 9.89. The molecule has 4 nitrogen and oxygen atoms in total. The first-order chi connectivity index (χ1) is 7.79. The zero-order valence-corrected chi connectivity index (χ0v) is 9.95. The number of nitrogens with zero attached hydrogens (tertiary/aromatic N) is 2. The van der Waals surface area contributed by atoms with Gasteiger partial charge in [-0.3, -0.25) is 4.90 Å². The molecule has 16 heavy (non-hydrogen) atoms. The average Bonchev–Trinajstić information content (AvgIpc) is 2.74. The summed E-state index contributed by atoms with van der Waals surface area (Å²) in [4.78, 5) is 2.25. The van der Waals surface area contributed by atoms with Crippen LogP contribution in [-0.2, 0) is 9.47 Å². The summed E-state index contributed by atoms with van der Waals surface area (Å²) in [5.74, 6) is 0. The minimum atomic E-state index is -0.0498. The fraction of sp³-hybridized carbons (Fsp3) is 0.917. The fourth-order valence-corrected chi connectivity index (χ4v) is 2.77. The summed E-state index contributed by atoms with van der Waals surface area (Å²) in [7, 11) is 0. The molecule has 1 spiro atoms. The predicted molar refractivity (Wildman–Crippen MR) is 60.0 cm³/mol. The topological polar surface area (TPSA) is 45.5 Å². The van der Waals surface area contributed by atoms with Gasteiger partial charge in [-0.15, -0.1) is 0 Å². The molecule has 0 aromatic carbocycles. The van der Waals surface area contributed by atoms with Crippen LogP contribution in [0.25, 0.3) is 0 Å². The van der Waals surface area contributed by atoms with Crippen molar-refractivity contribution in [2.24, 2.45) is 0 Å². The quantitative estimate of drug-likeness (QED) is 0.675. The van der Waals surface area contributed by atoms with Crippen LogP contribution in [0.5, 0.6) is 0 Å². The van der Waals surface area contributed by atoms with E-state index in [2.05, 4.69) is 17.9 Å². The van der Waals surface area contributed by atoms with E-state index in [-0.39, 0.29) is 5.60 Å². The molecule has 2 atom stereocenters. The van der Waals surface area contributed by atoms with Gasteiger partial charge in [0.1, 0.15) is 0 Å². The number of hydrogen-bond donors (Lipinski definition) is 0. The third-order valence-electron chi connectivity index (χ3n) is 3.73. The van der Waals surface area contributed by atoms with Crippen molar-refractivity contribution in [3.05, 3.63) is 0 Å². The highest BCUT2D eigenvalue weighted by Gasteiger charge is 2.42. The second-order valence-corrected chi connectivity index (χ2v) is 4.70. The van der Waals surface area contributed by atoms with E-state index >= 15 is 0 Å². The third-order valence-corrected chi connectivity index (χ3v) is 3.73. The summed E-state index contributed by atoms with van der Waals surface area (Å²) in [6.07, 6.45) is 3.06. The van der Waals surface area contributed by atoms with Gasteiger partial charge in [0.2, 0.25) is 0 Å². The smallest absolute Gasteiger partial charge is 0.0951 e. The standard InChI is InChI=1S/C12H20N2O2/c1-2-14(6-5-13)11-3-7-16-12(9-11)4-8-15-10-12/h11H,2-4,6-10H2,1H3. The van der Waals surface area contributed by atoms with E-state index in [0.717, 1.165) is 45.6 Å². The van der Waals surface area contributed by atoms with Crippen LogP contribution < -0.4 is 0 Å². The van der Waals surface area contributed by atoms with Crippen molar-refractivity contribution >= 4 is 0 Å². The molecule has 0 aliphatic carbocycles. The molecule has 2 fully saturated rings. The molecule has 2 rings (SSSR count). The summed E-state index contributed by atoms with van der Waals surface area (Å²) in [6, 6.07) is 2.74. The Balaban J connectivity index is 1.97. The molecule has 0 aromatic rings. The van der Waals surface area contributed by atoms with Gasteiger partial charge in [0.05, 0.1) is 24.8 Å². The Hall–Kier alpha value is -0.630. The Bertz CT molecular complexity index is 269. The van der Waals surface area contributed by atoms with Gasteiger partial charge in [-0.05, 0) is 19.4 Å². The lowest BCUT2D eigenvalue weighted by Gasteiger charge is -2.41. The molecule has 90 valence electrons. The lowest BCUT2D eigenvalue weighted by molar-refractivity contribution is -0.104. The Kier molecular flexibility index (Phi) is 3.80. The van der Waals surface area contributed by atoms with E-state index < -0.39 is 0 Å². The summed E-state index contributed by atoms with van der Waals surface area (Å²) >= 11 is 0. The Labute approximate surface area is 97.1 Å². The molecule has 2 unspecified atom stereocenters. The number of hydrogen-bond acceptors (Lipinski definition) is 4. The maximum atomic E-state index is 8.81. The predicted octanol–water partition coefficient (Wildman–Crippen LogP) is 1.17. The van der Waals surface area contributed by atoms with Crippen LogP contribution in [0.4, 0.5) is 0 Å². The van der Waals surface area contributed by atoms with Crippen LogP contribution in [-0.4, -0.2) is 49.5 Å². The van der Waals surface area contributed by atoms with Crippen molar-refractivity contribution in [1.82, 2.24) is 4.90 Å². The molecule has 4 heteroatoms. The lowest BCUT2D eigenvalue weighted by Crippen LogP contribution is -2.49. The van der Waals surface area contributed by atoms with Crippen molar-refractivity contribution in [3.63, 3.8) is 0 Å². The summed E-state index contributed by atoms with van der Waals surface area (Å²) < 4.78 is 11.3. The van der Waals surface area contributed by atoms with E-state index in [9.17, 15) is 0 Å².